The van der Waals surface area contributed by atoms with Crippen LogP contribution in [0.3, 0.4) is 0 Å². The second kappa shape index (κ2) is 9.31. The zero-order chi connectivity index (χ0) is 19.9. The van der Waals surface area contributed by atoms with E-state index in [9.17, 15) is 0 Å². The summed E-state index contributed by atoms with van der Waals surface area (Å²) in [7, 11) is 0. The summed E-state index contributed by atoms with van der Waals surface area (Å²) in [4.78, 5) is 8.74. The molecule has 0 aliphatic heterocycles. The lowest BCUT2D eigenvalue weighted by Crippen LogP contribution is -2.10. The molecule has 0 amide bonds. The molecule has 2 aromatic heterocycles. The highest BCUT2D eigenvalue weighted by atomic mass is 16.5. The molecule has 3 rings (SSSR count). The minimum absolute atomic E-state index is 0.325. The Hall–Kier alpha value is -2.95. The molecule has 5 heteroatoms. The van der Waals surface area contributed by atoms with Gasteiger partial charge in [0.2, 0.25) is 5.89 Å². The van der Waals surface area contributed by atoms with Crippen LogP contribution in [0.5, 0.6) is 5.75 Å². The van der Waals surface area contributed by atoms with E-state index in [0.29, 0.717) is 18.4 Å². The molecule has 3 aromatic rings. The van der Waals surface area contributed by atoms with E-state index in [4.69, 9.17) is 14.6 Å². The fourth-order valence-electron chi connectivity index (χ4n) is 2.87. The van der Waals surface area contributed by atoms with Crippen molar-refractivity contribution in [3.05, 3.63) is 65.8 Å². The van der Waals surface area contributed by atoms with Crippen molar-refractivity contribution < 1.29 is 9.15 Å². The number of nitrogens with one attached hydrogen (secondary N) is 1. The van der Waals surface area contributed by atoms with Crippen molar-refractivity contribution >= 4 is 5.71 Å². The van der Waals surface area contributed by atoms with Gasteiger partial charge in [0.05, 0.1) is 5.69 Å². The molecule has 1 aromatic carbocycles. The molecular weight excluding hydrogens is 350 g/mol. The number of rotatable bonds is 9. The number of benzene rings is 1. The molecule has 0 spiro atoms. The Morgan fingerprint density at radius 3 is 2.68 bits per heavy atom. The normalized spacial score (nSPS) is 12.0. The van der Waals surface area contributed by atoms with Crippen molar-refractivity contribution in [2.75, 3.05) is 0 Å². The number of nitrogens with zero attached hydrogens (tertiary/aromatic N) is 2. The zero-order valence-electron chi connectivity index (χ0n) is 16.7. The maximum Gasteiger partial charge on any atom is 0.226 e. The van der Waals surface area contributed by atoms with Gasteiger partial charge in [0, 0.05) is 29.2 Å². The van der Waals surface area contributed by atoms with E-state index in [1.807, 2.05) is 43.3 Å². The quantitative estimate of drug-likeness (QED) is 0.491. The third kappa shape index (κ3) is 5.06. The van der Waals surface area contributed by atoms with Crippen molar-refractivity contribution in [1.82, 2.24) is 9.97 Å². The Bertz CT molecular complexity index is 901. The largest absolute Gasteiger partial charge is 0.489 e. The van der Waals surface area contributed by atoms with Crippen LogP contribution >= 0.6 is 0 Å². The highest BCUT2D eigenvalue weighted by molar-refractivity contribution is 5.83. The first-order valence-electron chi connectivity index (χ1n) is 9.72. The maximum atomic E-state index is 8.13. The van der Waals surface area contributed by atoms with Crippen molar-refractivity contribution in [2.24, 2.45) is 5.92 Å². The van der Waals surface area contributed by atoms with Gasteiger partial charge in [-0.2, -0.15) is 0 Å². The van der Waals surface area contributed by atoms with Gasteiger partial charge in [-0.1, -0.05) is 19.9 Å². The summed E-state index contributed by atoms with van der Waals surface area (Å²) in [5.74, 6) is 2.55. The van der Waals surface area contributed by atoms with E-state index >= 15 is 0 Å². The molecule has 28 heavy (non-hydrogen) atoms. The Morgan fingerprint density at radius 1 is 1.21 bits per heavy atom. The lowest BCUT2D eigenvalue weighted by Gasteiger charge is -2.09. The van der Waals surface area contributed by atoms with Gasteiger partial charge in [0.25, 0.3) is 0 Å². The predicted octanol–water partition coefficient (Wildman–Crippen LogP) is 5.62. The van der Waals surface area contributed by atoms with Gasteiger partial charge in [0.1, 0.15) is 18.1 Å². The van der Waals surface area contributed by atoms with Crippen LogP contribution in [-0.2, 0) is 13.0 Å². The minimum Gasteiger partial charge on any atom is -0.489 e. The Labute approximate surface area is 166 Å². The third-order valence-electron chi connectivity index (χ3n) is 4.96. The standard InChI is InChI=1S/C23H27N3O2/c1-4-16(2)21(24)11-12-22-17(3)28-23(26-22)19-7-9-20(10-8-19)27-15-18-6-5-13-25-14-18/h5-10,13-14,16,24H,4,11-12,15H2,1-3H3/t16-/m1/s1. The van der Waals surface area contributed by atoms with E-state index in [0.717, 1.165) is 53.3 Å². The van der Waals surface area contributed by atoms with Crippen LogP contribution in [0.4, 0.5) is 0 Å². The molecule has 0 radical (unpaired) electrons. The summed E-state index contributed by atoms with van der Waals surface area (Å²) in [6, 6.07) is 11.6. The third-order valence-corrected chi connectivity index (χ3v) is 4.96. The molecule has 0 saturated carbocycles. The smallest absolute Gasteiger partial charge is 0.226 e. The fraction of sp³-hybridized carbons (Fsp3) is 0.348. The Kier molecular flexibility index (Phi) is 6.58. The van der Waals surface area contributed by atoms with Crippen molar-refractivity contribution in [1.29, 1.82) is 5.41 Å². The summed E-state index contributed by atoms with van der Waals surface area (Å²) in [6.45, 7) is 6.63. The van der Waals surface area contributed by atoms with Crippen LogP contribution < -0.4 is 4.74 Å². The number of aryl methyl sites for hydroxylation is 2. The topological polar surface area (TPSA) is 72.0 Å². The molecule has 0 aliphatic carbocycles. The van der Waals surface area contributed by atoms with Crippen molar-refractivity contribution in [3.63, 3.8) is 0 Å². The van der Waals surface area contributed by atoms with Gasteiger partial charge < -0.3 is 14.6 Å². The monoisotopic (exact) mass is 377 g/mol. The molecule has 1 N–H and O–H groups in total. The van der Waals surface area contributed by atoms with Crippen LogP contribution in [0.1, 0.15) is 43.7 Å². The molecule has 0 unspecified atom stereocenters. The first-order chi connectivity index (χ1) is 13.6. The van der Waals surface area contributed by atoms with Gasteiger partial charge in [0.15, 0.2) is 0 Å². The Balaban J connectivity index is 1.61. The second-order valence-corrected chi connectivity index (χ2v) is 7.03. The average Bonchev–Trinajstić information content (AvgIpc) is 3.11. The first-order valence-corrected chi connectivity index (χ1v) is 9.72. The molecule has 146 valence electrons. The highest BCUT2D eigenvalue weighted by Gasteiger charge is 2.14. The van der Waals surface area contributed by atoms with Crippen LogP contribution in [-0.4, -0.2) is 15.7 Å². The van der Waals surface area contributed by atoms with Crippen LogP contribution in [0.25, 0.3) is 11.5 Å². The minimum atomic E-state index is 0.325. The maximum absolute atomic E-state index is 8.13. The number of oxazole rings is 1. The van der Waals surface area contributed by atoms with Crippen molar-refractivity contribution in [2.45, 2.75) is 46.6 Å². The van der Waals surface area contributed by atoms with Gasteiger partial charge in [-0.3, -0.25) is 4.98 Å². The van der Waals surface area contributed by atoms with Gasteiger partial charge >= 0.3 is 0 Å². The summed E-state index contributed by atoms with van der Waals surface area (Å²) < 4.78 is 11.7. The van der Waals surface area contributed by atoms with E-state index in [2.05, 4.69) is 23.8 Å². The lowest BCUT2D eigenvalue weighted by atomic mass is 9.98. The predicted molar refractivity (Wildman–Crippen MR) is 111 cm³/mol. The lowest BCUT2D eigenvalue weighted by molar-refractivity contribution is 0.306. The van der Waals surface area contributed by atoms with Crippen LogP contribution in [0.15, 0.2) is 53.2 Å². The van der Waals surface area contributed by atoms with Gasteiger partial charge in [-0.15, -0.1) is 0 Å². The molecule has 0 bridgehead atoms. The summed E-state index contributed by atoms with van der Waals surface area (Å²) in [5.41, 5.74) is 3.66. The first kappa shape index (κ1) is 19.8. The van der Waals surface area contributed by atoms with Gasteiger partial charge in [-0.25, -0.2) is 4.98 Å². The molecule has 0 aliphatic rings. The van der Waals surface area contributed by atoms with E-state index in [-0.39, 0.29) is 0 Å². The second-order valence-electron chi connectivity index (χ2n) is 7.03. The van der Waals surface area contributed by atoms with E-state index in [1.165, 1.54) is 0 Å². The van der Waals surface area contributed by atoms with E-state index < -0.39 is 0 Å². The summed E-state index contributed by atoms with van der Waals surface area (Å²) in [6.07, 6.45) is 6.01. The Morgan fingerprint density at radius 2 is 2.00 bits per heavy atom. The molecule has 2 heterocycles. The number of hydrogen-bond acceptors (Lipinski definition) is 5. The molecule has 5 nitrogen and oxygen atoms in total. The number of aromatic nitrogens is 2. The average molecular weight is 377 g/mol. The highest BCUT2D eigenvalue weighted by Crippen LogP contribution is 2.25. The molecule has 1 atom stereocenters. The summed E-state index contributed by atoms with van der Waals surface area (Å²) in [5, 5.41) is 8.13. The molecule has 0 saturated heterocycles. The van der Waals surface area contributed by atoms with Gasteiger partial charge in [-0.05, 0) is 62.4 Å². The number of pyridine rings is 1. The van der Waals surface area contributed by atoms with Crippen molar-refractivity contribution in [3.8, 4) is 17.2 Å². The molecule has 0 fully saturated rings. The number of ether oxygens (including phenoxy) is 1. The SMILES string of the molecule is CC[C@@H](C)C(=N)CCc1nc(-c2ccc(OCc3cccnc3)cc2)oc1C. The van der Waals surface area contributed by atoms with E-state index in [1.54, 1.807) is 12.4 Å². The molecular formula is C23H27N3O2. The fourth-order valence-corrected chi connectivity index (χ4v) is 2.87. The number of hydrogen-bond donors (Lipinski definition) is 1. The van der Waals surface area contributed by atoms with Crippen LogP contribution in [0.2, 0.25) is 0 Å². The van der Waals surface area contributed by atoms with Crippen LogP contribution in [0, 0.1) is 18.3 Å². The summed E-state index contributed by atoms with van der Waals surface area (Å²) >= 11 is 0. The zero-order valence-corrected chi connectivity index (χ0v) is 16.7.